The minimum atomic E-state index is -0.807. The van der Waals surface area contributed by atoms with Gasteiger partial charge in [-0.05, 0) is 0 Å². The Morgan fingerprint density at radius 2 is 2.57 bits per heavy atom. The Hall–Kier alpha value is -1.15. The van der Waals surface area contributed by atoms with Crippen LogP contribution in [-0.2, 0) is 10.5 Å². The molecule has 6 nitrogen and oxygen atoms in total. The van der Waals surface area contributed by atoms with E-state index in [4.69, 9.17) is 5.11 Å². The molecule has 0 atom stereocenters. The Labute approximate surface area is 87.0 Å². The van der Waals surface area contributed by atoms with E-state index < -0.39 is 5.97 Å². The number of hydrogen-bond donors (Lipinski definition) is 1. The van der Waals surface area contributed by atoms with Crippen LogP contribution < -0.4 is 0 Å². The summed E-state index contributed by atoms with van der Waals surface area (Å²) in [5.41, 5.74) is 0. The molecule has 0 amide bonds. The van der Waals surface area contributed by atoms with Crippen LogP contribution in [-0.4, -0.2) is 36.6 Å². The van der Waals surface area contributed by atoms with Gasteiger partial charge in [0.2, 0.25) is 4.96 Å². The van der Waals surface area contributed by atoms with E-state index in [9.17, 15) is 4.79 Å². The van der Waals surface area contributed by atoms with E-state index in [1.54, 1.807) is 4.52 Å². The van der Waals surface area contributed by atoms with Crippen molar-refractivity contribution in [3.8, 4) is 0 Å². The number of thioether (sulfide) groups is 1. The minimum Gasteiger partial charge on any atom is -0.481 e. The maximum absolute atomic E-state index is 10.2. The van der Waals surface area contributed by atoms with Crippen molar-refractivity contribution in [3.05, 3.63) is 11.3 Å². The second-order valence-electron chi connectivity index (χ2n) is 2.44. The summed E-state index contributed by atoms with van der Waals surface area (Å²) in [4.78, 5) is 11.0. The molecule has 0 aliphatic carbocycles. The van der Waals surface area contributed by atoms with Gasteiger partial charge in [-0.3, -0.25) is 4.79 Å². The van der Waals surface area contributed by atoms with Crippen molar-refractivity contribution < 1.29 is 9.90 Å². The highest BCUT2D eigenvalue weighted by molar-refractivity contribution is 7.99. The average Bonchev–Trinajstić information content (AvgIpc) is 2.62. The van der Waals surface area contributed by atoms with Crippen LogP contribution in [0.4, 0.5) is 0 Å². The molecule has 0 unspecified atom stereocenters. The second kappa shape index (κ2) is 3.93. The third kappa shape index (κ3) is 2.02. The van der Waals surface area contributed by atoms with Gasteiger partial charge in [-0.1, -0.05) is 11.3 Å². The monoisotopic (exact) mass is 230 g/mol. The topological polar surface area (TPSA) is 80.4 Å². The highest BCUT2D eigenvalue weighted by Gasteiger charge is 2.05. The van der Waals surface area contributed by atoms with Crippen molar-refractivity contribution in [1.29, 1.82) is 0 Å². The normalized spacial score (nSPS) is 10.9. The number of carboxylic acid groups (broad SMARTS) is 1. The third-order valence-electron chi connectivity index (χ3n) is 1.38. The molecule has 2 rings (SSSR count). The fraction of sp³-hybridized carbons (Fsp3) is 0.333. The van der Waals surface area contributed by atoms with E-state index in [2.05, 4.69) is 15.3 Å². The molecule has 2 aromatic heterocycles. The largest absolute Gasteiger partial charge is 0.481 e. The summed E-state index contributed by atoms with van der Waals surface area (Å²) in [5, 5.41) is 21.0. The molecule has 0 radical (unpaired) electrons. The van der Waals surface area contributed by atoms with Crippen molar-refractivity contribution in [2.45, 2.75) is 5.75 Å². The van der Waals surface area contributed by atoms with Crippen molar-refractivity contribution >= 4 is 34.0 Å². The van der Waals surface area contributed by atoms with Crippen LogP contribution in [0.3, 0.4) is 0 Å². The molecule has 2 aromatic rings. The fourth-order valence-corrected chi connectivity index (χ4v) is 2.49. The van der Waals surface area contributed by atoms with Crippen LogP contribution in [0.5, 0.6) is 0 Å². The second-order valence-corrected chi connectivity index (χ2v) is 4.47. The Bertz CT molecular complexity index is 423. The first kappa shape index (κ1) is 9.41. The molecule has 14 heavy (non-hydrogen) atoms. The van der Waals surface area contributed by atoms with Crippen molar-refractivity contribution in [2.75, 3.05) is 5.75 Å². The van der Waals surface area contributed by atoms with Crippen molar-refractivity contribution in [2.24, 2.45) is 0 Å². The zero-order chi connectivity index (χ0) is 9.97. The number of carbonyl (C=O) groups is 1. The predicted molar refractivity (Wildman–Crippen MR) is 52.5 cm³/mol. The lowest BCUT2D eigenvalue weighted by Crippen LogP contribution is -1.98. The molecule has 0 aliphatic heterocycles. The van der Waals surface area contributed by atoms with Gasteiger partial charge in [-0.25, -0.2) is 0 Å². The molecule has 0 bridgehead atoms. The Morgan fingerprint density at radius 1 is 1.71 bits per heavy atom. The van der Waals surface area contributed by atoms with Crippen molar-refractivity contribution in [3.63, 3.8) is 0 Å². The molecule has 2 heterocycles. The molecule has 0 saturated carbocycles. The molecule has 74 valence electrons. The molecular formula is C6H6N4O2S2. The number of aliphatic carboxylic acids is 1. The van der Waals surface area contributed by atoms with Gasteiger partial charge in [0.1, 0.15) is 11.3 Å². The van der Waals surface area contributed by atoms with Gasteiger partial charge in [0.25, 0.3) is 0 Å². The van der Waals surface area contributed by atoms with Crippen LogP contribution in [0.15, 0.2) is 6.33 Å². The number of fused-ring (bicyclic) bond motifs is 1. The van der Waals surface area contributed by atoms with Gasteiger partial charge in [0.05, 0.1) is 5.75 Å². The summed E-state index contributed by atoms with van der Waals surface area (Å²) in [6.45, 7) is 0. The van der Waals surface area contributed by atoms with Crippen LogP contribution in [0, 0.1) is 0 Å². The Balaban J connectivity index is 1.98. The highest BCUT2D eigenvalue weighted by Crippen LogP contribution is 2.17. The first-order valence-electron chi connectivity index (χ1n) is 3.71. The minimum absolute atomic E-state index is 0.0974. The van der Waals surface area contributed by atoms with Gasteiger partial charge < -0.3 is 5.11 Å². The lowest BCUT2D eigenvalue weighted by Gasteiger charge is -1.91. The van der Waals surface area contributed by atoms with Crippen LogP contribution in [0.25, 0.3) is 4.96 Å². The predicted octanol–water partition coefficient (Wildman–Crippen LogP) is 0.504. The number of hydrogen-bond acceptors (Lipinski definition) is 6. The molecule has 1 N–H and O–H groups in total. The Kier molecular flexibility index (Phi) is 2.64. The lowest BCUT2D eigenvalue weighted by molar-refractivity contribution is -0.133. The molecule has 0 spiro atoms. The van der Waals surface area contributed by atoms with Gasteiger partial charge >= 0.3 is 5.97 Å². The molecule has 0 aromatic carbocycles. The SMILES string of the molecule is O=C(O)CSCc1nn2cnnc2s1. The average molecular weight is 230 g/mol. The number of rotatable bonds is 4. The van der Waals surface area contributed by atoms with E-state index in [0.29, 0.717) is 5.75 Å². The smallest absolute Gasteiger partial charge is 0.313 e. The number of carboxylic acids is 1. The van der Waals surface area contributed by atoms with Crippen LogP contribution in [0.1, 0.15) is 5.01 Å². The molecular weight excluding hydrogens is 224 g/mol. The fourth-order valence-electron chi connectivity index (χ4n) is 0.885. The first-order chi connectivity index (χ1) is 6.75. The molecule has 0 fully saturated rings. The van der Waals surface area contributed by atoms with E-state index in [1.165, 1.54) is 29.4 Å². The molecule has 8 heteroatoms. The summed E-state index contributed by atoms with van der Waals surface area (Å²) in [7, 11) is 0. The van der Waals surface area contributed by atoms with Gasteiger partial charge in [-0.2, -0.15) is 9.61 Å². The lowest BCUT2D eigenvalue weighted by atomic mass is 10.8. The summed E-state index contributed by atoms with van der Waals surface area (Å²) in [6, 6.07) is 0. The van der Waals surface area contributed by atoms with Gasteiger partial charge in [0.15, 0.2) is 0 Å². The first-order valence-corrected chi connectivity index (χ1v) is 5.68. The summed E-state index contributed by atoms with van der Waals surface area (Å²) in [6.07, 6.45) is 1.52. The zero-order valence-corrected chi connectivity index (χ0v) is 8.59. The third-order valence-corrected chi connectivity index (χ3v) is 3.40. The van der Waals surface area contributed by atoms with Gasteiger partial charge in [0, 0.05) is 5.75 Å². The van der Waals surface area contributed by atoms with E-state index >= 15 is 0 Å². The van der Waals surface area contributed by atoms with E-state index in [-0.39, 0.29) is 5.75 Å². The number of nitrogens with zero attached hydrogens (tertiary/aromatic N) is 4. The maximum atomic E-state index is 10.2. The maximum Gasteiger partial charge on any atom is 0.313 e. The quantitative estimate of drug-likeness (QED) is 0.824. The summed E-state index contributed by atoms with van der Waals surface area (Å²) < 4.78 is 1.58. The van der Waals surface area contributed by atoms with Crippen LogP contribution in [0.2, 0.25) is 0 Å². The standard InChI is InChI=1S/C6H6N4O2S2/c11-5(12)2-13-1-4-9-10-3-7-8-6(10)14-4/h3H,1-2H2,(H,11,12). The summed E-state index contributed by atoms with van der Waals surface area (Å²) >= 11 is 2.74. The molecule has 0 saturated heterocycles. The zero-order valence-electron chi connectivity index (χ0n) is 6.95. The van der Waals surface area contributed by atoms with E-state index in [0.717, 1.165) is 9.97 Å². The number of aromatic nitrogens is 4. The highest BCUT2D eigenvalue weighted by atomic mass is 32.2. The van der Waals surface area contributed by atoms with E-state index in [1.807, 2.05) is 0 Å². The van der Waals surface area contributed by atoms with Crippen LogP contribution >= 0.6 is 23.1 Å². The van der Waals surface area contributed by atoms with Crippen molar-refractivity contribution in [1.82, 2.24) is 19.8 Å². The summed E-state index contributed by atoms with van der Waals surface area (Å²) in [5.74, 6) is -0.112. The Morgan fingerprint density at radius 3 is 3.29 bits per heavy atom. The van der Waals surface area contributed by atoms with Gasteiger partial charge in [-0.15, -0.1) is 22.0 Å². The molecule has 0 aliphatic rings.